The number of rotatable bonds is 3. The summed E-state index contributed by atoms with van der Waals surface area (Å²) in [5, 5.41) is 4.55. The Morgan fingerprint density at radius 2 is 1.86 bits per heavy atom. The van der Waals surface area contributed by atoms with Gasteiger partial charge in [-0.05, 0) is 69.3 Å². The van der Waals surface area contributed by atoms with Gasteiger partial charge in [0.25, 0.3) is 5.91 Å². The predicted molar refractivity (Wildman–Crippen MR) is 122 cm³/mol. The topological polar surface area (TPSA) is 44.8 Å². The minimum atomic E-state index is 0. The zero-order chi connectivity index (χ0) is 19.3. The van der Waals surface area contributed by atoms with Gasteiger partial charge in [-0.3, -0.25) is 9.69 Å². The Labute approximate surface area is 182 Å². The van der Waals surface area contributed by atoms with E-state index in [4.69, 9.17) is 4.74 Å². The number of morpholine rings is 1. The summed E-state index contributed by atoms with van der Waals surface area (Å²) in [4.78, 5) is 18.8. The van der Waals surface area contributed by atoms with Crippen molar-refractivity contribution in [2.24, 2.45) is 5.92 Å². The van der Waals surface area contributed by atoms with Gasteiger partial charge in [-0.25, -0.2) is 0 Å². The number of halogens is 1. The molecule has 0 radical (unpaired) electrons. The lowest BCUT2D eigenvalue weighted by atomic mass is 9.72. The summed E-state index contributed by atoms with van der Waals surface area (Å²) < 4.78 is 6.64. The number of carbonyl (C=O) groups excluding carboxylic acids is 1. The third kappa shape index (κ3) is 3.76. The smallest absolute Gasteiger partial charge is 0.261 e. The van der Waals surface area contributed by atoms with E-state index in [1.807, 2.05) is 6.07 Å². The molecule has 1 amide bonds. The highest BCUT2D eigenvalue weighted by Crippen LogP contribution is 2.39. The maximum atomic E-state index is 13.1. The van der Waals surface area contributed by atoms with E-state index in [1.165, 1.54) is 23.2 Å². The number of fused-ring (bicyclic) bond motifs is 4. The van der Waals surface area contributed by atoms with Crippen LogP contribution in [0.1, 0.15) is 36.4 Å². The van der Waals surface area contributed by atoms with E-state index >= 15 is 0 Å². The summed E-state index contributed by atoms with van der Waals surface area (Å²) in [5.74, 6) is 0.687. The van der Waals surface area contributed by atoms with Crippen LogP contribution in [0.3, 0.4) is 0 Å². The molecule has 4 aliphatic rings. The van der Waals surface area contributed by atoms with Gasteiger partial charge in [-0.15, -0.1) is 23.7 Å². The number of hydrogen-bond donors (Lipinski definition) is 1. The Kier molecular flexibility index (Phi) is 5.81. The van der Waals surface area contributed by atoms with E-state index in [1.54, 1.807) is 11.3 Å². The first kappa shape index (κ1) is 20.9. The highest BCUT2D eigenvalue weighted by molar-refractivity contribution is 7.20. The third-order valence-electron chi connectivity index (χ3n) is 6.98. The summed E-state index contributed by atoms with van der Waals surface area (Å²) in [6, 6.07) is 8.81. The second-order valence-corrected chi connectivity index (χ2v) is 9.95. The standard InChI is InChI=1S/C22H29N3O2S.ClH/c1-22(2)20(15-5-7-25(22)8-6-15)23-21(26)19-13-16-3-4-17(14-18(16)28-19)24-9-11-27-12-10-24;/h3-4,13-15,20H,5-12H2,1-2H3,(H,23,26);1H/t20-;/m1./s1. The lowest BCUT2D eigenvalue weighted by Crippen LogP contribution is -2.69. The van der Waals surface area contributed by atoms with Crippen LogP contribution in [0.5, 0.6) is 0 Å². The van der Waals surface area contributed by atoms with Gasteiger partial charge < -0.3 is 15.0 Å². The molecule has 1 atom stereocenters. The molecule has 158 valence electrons. The molecule has 4 fully saturated rings. The van der Waals surface area contributed by atoms with E-state index < -0.39 is 0 Å². The average molecular weight is 436 g/mol. The molecule has 1 aromatic heterocycles. The highest BCUT2D eigenvalue weighted by Gasteiger charge is 2.48. The number of hydrogen-bond acceptors (Lipinski definition) is 5. The molecule has 0 spiro atoms. The van der Waals surface area contributed by atoms with Crippen LogP contribution in [0.2, 0.25) is 0 Å². The summed E-state index contributed by atoms with van der Waals surface area (Å²) in [6.45, 7) is 10.3. The normalized spacial score (nSPS) is 28.2. The minimum absolute atomic E-state index is 0. The van der Waals surface area contributed by atoms with Crippen molar-refractivity contribution in [2.45, 2.75) is 38.3 Å². The molecule has 1 N–H and O–H groups in total. The lowest BCUT2D eigenvalue weighted by Gasteiger charge is -2.56. The Balaban J connectivity index is 0.00000205. The molecule has 5 heterocycles. The second-order valence-electron chi connectivity index (χ2n) is 8.86. The van der Waals surface area contributed by atoms with Crippen molar-refractivity contribution in [1.82, 2.24) is 10.2 Å². The van der Waals surface area contributed by atoms with E-state index in [9.17, 15) is 4.79 Å². The number of ether oxygens (including phenoxy) is 1. The van der Waals surface area contributed by atoms with Gasteiger partial charge in [0.15, 0.2) is 0 Å². The number of piperidine rings is 3. The number of thiophene rings is 1. The van der Waals surface area contributed by atoms with E-state index in [0.29, 0.717) is 5.92 Å². The summed E-state index contributed by atoms with van der Waals surface area (Å²) in [6.07, 6.45) is 2.40. The Bertz CT molecular complexity index is 885. The molecule has 7 heteroatoms. The van der Waals surface area contributed by atoms with E-state index in [2.05, 4.69) is 47.2 Å². The van der Waals surface area contributed by atoms with Gasteiger partial charge in [0.05, 0.1) is 18.1 Å². The number of nitrogens with zero attached hydrogens (tertiary/aromatic N) is 2. The summed E-state index contributed by atoms with van der Waals surface area (Å²) in [5.41, 5.74) is 1.26. The van der Waals surface area contributed by atoms with Crippen LogP contribution in [0, 0.1) is 5.92 Å². The monoisotopic (exact) mass is 435 g/mol. The van der Waals surface area contributed by atoms with Crippen LogP contribution >= 0.6 is 23.7 Å². The molecule has 0 saturated carbocycles. The minimum Gasteiger partial charge on any atom is -0.378 e. The summed E-state index contributed by atoms with van der Waals surface area (Å²) >= 11 is 1.61. The molecule has 4 saturated heterocycles. The van der Waals surface area contributed by atoms with Gasteiger partial charge in [0.2, 0.25) is 0 Å². The lowest BCUT2D eigenvalue weighted by molar-refractivity contribution is -0.0377. The molecular weight excluding hydrogens is 406 g/mol. The van der Waals surface area contributed by atoms with Gasteiger partial charge in [0, 0.05) is 35.1 Å². The number of amides is 1. The fourth-order valence-electron chi connectivity index (χ4n) is 5.24. The van der Waals surface area contributed by atoms with Gasteiger partial charge >= 0.3 is 0 Å². The molecule has 0 unspecified atom stereocenters. The SMILES string of the molecule is CC1(C)[C@H](NC(=O)c2cc3ccc(N4CCOCC4)cc3s2)C2CCN1CC2.Cl. The first-order valence-corrected chi connectivity index (χ1v) is 11.3. The van der Waals surface area contributed by atoms with Crippen LogP contribution in [-0.2, 0) is 4.74 Å². The maximum Gasteiger partial charge on any atom is 0.261 e. The van der Waals surface area contributed by atoms with Crippen LogP contribution in [-0.4, -0.2) is 61.8 Å². The highest BCUT2D eigenvalue weighted by atomic mass is 35.5. The van der Waals surface area contributed by atoms with Gasteiger partial charge in [0.1, 0.15) is 0 Å². The van der Waals surface area contributed by atoms with Crippen molar-refractivity contribution >= 4 is 45.4 Å². The van der Waals surface area contributed by atoms with Crippen LogP contribution in [0.15, 0.2) is 24.3 Å². The van der Waals surface area contributed by atoms with E-state index in [0.717, 1.165) is 49.7 Å². The largest absolute Gasteiger partial charge is 0.378 e. The number of anilines is 1. The molecular formula is C22H30ClN3O2S. The van der Waals surface area contributed by atoms with Crippen molar-refractivity contribution in [3.8, 4) is 0 Å². The van der Waals surface area contributed by atoms with Gasteiger partial charge in [-0.1, -0.05) is 6.07 Å². The number of benzene rings is 1. The third-order valence-corrected chi connectivity index (χ3v) is 8.07. The quantitative estimate of drug-likeness (QED) is 0.797. The molecule has 1 aromatic carbocycles. The van der Waals surface area contributed by atoms with Crippen LogP contribution in [0.4, 0.5) is 5.69 Å². The van der Waals surface area contributed by atoms with Crippen molar-refractivity contribution < 1.29 is 9.53 Å². The maximum absolute atomic E-state index is 13.1. The fraction of sp³-hybridized carbons (Fsp3) is 0.591. The van der Waals surface area contributed by atoms with Crippen molar-refractivity contribution in [2.75, 3.05) is 44.3 Å². The summed E-state index contributed by atoms with van der Waals surface area (Å²) in [7, 11) is 0. The second kappa shape index (κ2) is 8.06. The molecule has 5 nitrogen and oxygen atoms in total. The zero-order valence-electron chi connectivity index (χ0n) is 17.1. The number of nitrogens with one attached hydrogen (secondary N) is 1. The first-order valence-electron chi connectivity index (χ1n) is 10.4. The molecule has 4 aliphatic heterocycles. The molecule has 2 aromatic rings. The molecule has 6 rings (SSSR count). The molecule has 2 bridgehead atoms. The van der Waals surface area contributed by atoms with Crippen LogP contribution in [0.25, 0.3) is 10.1 Å². The van der Waals surface area contributed by atoms with Crippen molar-refractivity contribution in [3.05, 3.63) is 29.1 Å². The molecule has 0 aliphatic carbocycles. The van der Waals surface area contributed by atoms with Crippen molar-refractivity contribution in [3.63, 3.8) is 0 Å². The van der Waals surface area contributed by atoms with Crippen molar-refractivity contribution in [1.29, 1.82) is 0 Å². The Morgan fingerprint density at radius 1 is 1.14 bits per heavy atom. The predicted octanol–water partition coefficient (Wildman–Crippen LogP) is 3.76. The van der Waals surface area contributed by atoms with Gasteiger partial charge in [-0.2, -0.15) is 0 Å². The average Bonchev–Trinajstić information content (AvgIpc) is 3.15. The molecule has 29 heavy (non-hydrogen) atoms. The zero-order valence-corrected chi connectivity index (χ0v) is 18.8. The number of carbonyl (C=O) groups is 1. The van der Waals surface area contributed by atoms with Crippen LogP contribution < -0.4 is 10.2 Å². The Morgan fingerprint density at radius 3 is 2.55 bits per heavy atom. The Hall–Kier alpha value is -1.34. The first-order chi connectivity index (χ1) is 13.5. The van der Waals surface area contributed by atoms with E-state index in [-0.39, 0.29) is 29.9 Å². The fourth-order valence-corrected chi connectivity index (χ4v) is 6.24.